The lowest BCUT2D eigenvalue weighted by Crippen LogP contribution is -2.38. The molecule has 1 fully saturated rings. The summed E-state index contributed by atoms with van der Waals surface area (Å²) in [7, 11) is 0. The SMILES string of the molecule is Cc1[nH]c(=O)[nH]c(=O)c1C=NNC(=O)C1CCCN1. The molecule has 1 unspecified atom stereocenters. The molecule has 1 aliphatic heterocycles. The van der Waals surface area contributed by atoms with Crippen LogP contribution >= 0.6 is 0 Å². The first kappa shape index (κ1) is 13.2. The summed E-state index contributed by atoms with van der Waals surface area (Å²) in [5.74, 6) is -0.229. The lowest BCUT2D eigenvalue weighted by molar-refractivity contribution is -0.122. The second-order valence-corrected chi connectivity index (χ2v) is 4.33. The van der Waals surface area contributed by atoms with Crippen LogP contribution in [-0.4, -0.2) is 34.7 Å². The van der Waals surface area contributed by atoms with Crippen molar-refractivity contribution in [1.82, 2.24) is 20.7 Å². The highest BCUT2D eigenvalue weighted by molar-refractivity contribution is 5.85. The topological polar surface area (TPSA) is 119 Å². The van der Waals surface area contributed by atoms with Gasteiger partial charge in [-0.3, -0.25) is 14.6 Å². The van der Waals surface area contributed by atoms with Crippen LogP contribution in [0.25, 0.3) is 0 Å². The highest BCUT2D eigenvalue weighted by Crippen LogP contribution is 2.04. The number of hydrogen-bond acceptors (Lipinski definition) is 5. The van der Waals surface area contributed by atoms with Crippen molar-refractivity contribution in [2.75, 3.05) is 6.54 Å². The molecule has 1 saturated heterocycles. The molecular weight excluding hydrogens is 250 g/mol. The van der Waals surface area contributed by atoms with Gasteiger partial charge in [-0.1, -0.05) is 0 Å². The van der Waals surface area contributed by atoms with Crippen molar-refractivity contribution in [3.8, 4) is 0 Å². The fraction of sp³-hybridized carbons (Fsp3) is 0.455. The lowest BCUT2D eigenvalue weighted by atomic mass is 10.2. The molecule has 8 heteroatoms. The minimum absolute atomic E-state index is 0.208. The zero-order valence-electron chi connectivity index (χ0n) is 10.4. The monoisotopic (exact) mass is 265 g/mol. The van der Waals surface area contributed by atoms with E-state index in [1.165, 1.54) is 6.21 Å². The molecule has 0 spiro atoms. The average molecular weight is 265 g/mol. The maximum atomic E-state index is 11.6. The number of amides is 1. The van der Waals surface area contributed by atoms with E-state index in [4.69, 9.17) is 0 Å². The van der Waals surface area contributed by atoms with Gasteiger partial charge in [0.1, 0.15) is 0 Å². The average Bonchev–Trinajstić information content (AvgIpc) is 2.85. The Bertz CT molecular complexity index is 609. The highest BCUT2D eigenvalue weighted by atomic mass is 16.2. The molecule has 1 aromatic rings. The van der Waals surface area contributed by atoms with E-state index >= 15 is 0 Å². The summed E-state index contributed by atoms with van der Waals surface area (Å²) in [5.41, 5.74) is 1.85. The number of carbonyl (C=O) groups excluding carboxylic acids is 1. The van der Waals surface area contributed by atoms with E-state index < -0.39 is 11.2 Å². The van der Waals surface area contributed by atoms with Crippen molar-refractivity contribution in [2.24, 2.45) is 5.10 Å². The van der Waals surface area contributed by atoms with Crippen LogP contribution in [0, 0.1) is 6.92 Å². The molecule has 0 aromatic carbocycles. The van der Waals surface area contributed by atoms with Crippen LogP contribution in [0.4, 0.5) is 0 Å². The third-order valence-corrected chi connectivity index (χ3v) is 2.92. The van der Waals surface area contributed by atoms with Gasteiger partial charge in [0.05, 0.1) is 17.8 Å². The normalized spacial score (nSPS) is 18.9. The van der Waals surface area contributed by atoms with Crippen LogP contribution in [0.5, 0.6) is 0 Å². The van der Waals surface area contributed by atoms with Gasteiger partial charge in [0.2, 0.25) is 0 Å². The zero-order valence-corrected chi connectivity index (χ0v) is 10.4. The van der Waals surface area contributed by atoms with Crippen LogP contribution in [0.15, 0.2) is 14.7 Å². The highest BCUT2D eigenvalue weighted by Gasteiger charge is 2.21. The van der Waals surface area contributed by atoms with E-state index in [1.54, 1.807) is 6.92 Å². The number of H-pyrrole nitrogens is 2. The van der Waals surface area contributed by atoms with Gasteiger partial charge in [-0.15, -0.1) is 0 Å². The second-order valence-electron chi connectivity index (χ2n) is 4.33. The van der Waals surface area contributed by atoms with Crippen molar-refractivity contribution >= 4 is 12.1 Å². The van der Waals surface area contributed by atoms with Crippen LogP contribution in [-0.2, 0) is 4.79 Å². The second kappa shape index (κ2) is 5.61. The van der Waals surface area contributed by atoms with Gasteiger partial charge < -0.3 is 10.3 Å². The summed E-state index contributed by atoms with van der Waals surface area (Å²) in [6.07, 6.45) is 2.96. The number of rotatable bonds is 3. The smallest absolute Gasteiger partial charge is 0.311 e. The van der Waals surface area contributed by atoms with Crippen molar-refractivity contribution in [3.05, 3.63) is 32.1 Å². The van der Waals surface area contributed by atoms with Gasteiger partial charge in [0.25, 0.3) is 11.5 Å². The Morgan fingerprint density at radius 1 is 1.42 bits per heavy atom. The maximum Gasteiger partial charge on any atom is 0.325 e. The van der Waals surface area contributed by atoms with Crippen molar-refractivity contribution in [1.29, 1.82) is 0 Å². The third kappa shape index (κ3) is 3.16. The summed E-state index contributed by atoms with van der Waals surface area (Å²) in [6, 6.07) is -0.230. The number of hydrogen-bond donors (Lipinski definition) is 4. The van der Waals surface area contributed by atoms with Gasteiger partial charge in [-0.05, 0) is 26.3 Å². The first-order chi connectivity index (χ1) is 9.08. The summed E-state index contributed by atoms with van der Waals surface area (Å²) in [4.78, 5) is 38.7. The van der Waals surface area contributed by atoms with Crippen LogP contribution in [0.1, 0.15) is 24.1 Å². The molecular formula is C11H15N5O3. The predicted octanol–water partition coefficient (Wildman–Crippen LogP) is -1.43. The van der Waals surface area contributed by atoms with Crippen LogP contribution in [0.2, 0.25) is 0 Å². The Balaban J connectivity index is 2.05. The maximum absolute atomic E-state index is 11.6. The Hall–Kier alpha value is -2.22. The number of nitrogens with one attached hydrogen (secondary N) is 4. The molecule has 8 nitrogen and oxygen atoms in total. The first-order valence-electron chi connectivity index (χ1n) is 5.97. The van der Waals surface area contributed by atoms with Crippen LogP contribution in [0.3, 0.4) is 0 Å². The zero-order chi connectivity index (χ0) is 13.8. The van der Waals surface area contributed by atoms with Crippen LogP contribution < -0.4 is 22.0 Å². The lowest BCUT2D eigenvalue weighted by Gasteiger charge is -2.06. The first-order valence-corrected chi connectivity index (χ1v) is 5.97. The number of hydrazone groups is 1. The number of aryl methyl sites for hydroxylation is 1. The van der Waals surface area contributed by atoms with Gasteiger partial charge in [0, 0.05) is 5.69 Å². The molecule has 1 aromatic heterocycles. The van der Waals surface area contributed by atoms with Crippen molar-refractivity contribution in [2.45, 2.75) is 25.8 Å². The molecule has 0 aliphatic carbocycles. The largest absolute Gasteiger partial charge is 0.325 e. The molecule has 0 radical (unpaired) electrons. The molecule has 19 heavy (non-hydrogen) atoms. The molecule has 102 valence electrons. The summed E-state index contributed by atoms with van der Waals surface area (Å²) >= 11 is 0. The molecule has 1 atom stereocenters. The van der Waals surface area contributed by atoms with E-state index in [-0.39, 0.29) is 17.5 Å². The Kier molecular flexibility index (Phi) is 3.91. The number of carbonyl (C=O) groups is 1. The molecule has 2 rings (SSSR count). The molecule has 2 heterocycles. The Labute approximate surface area is 108 Å². The fourth-order valence-corrected chi connectivity index (χ4v) is 1.91. The third-order valence-electron chi connectivity index (χ3n) is 2.92. The molecule has 0 bridgehead atoms. The number of aromatic nitrogens is 2. The van der Waals surface area contributed by atoms with E-state index in [9.17, 15) is 14.4 Å². The van der Waals surface area contributed by atoms with Crippen molar-refractivity contribution < 1.29 is 4.79 Å². The molecule has 4 N–H and O–H groups in total. The van der Waals surface area contributed by atoms with Gasteiger partial charge in [-0.2, -0.15) is 5.10 Å². The Morgan fingerprint density at radius 3 is 2.84 bits per heavy atom. The minimum Gasteiger partial charge on any atom is -0.311 e. The molecule has 1 amide bonds. The van der Waals surface area contributed by atoms with E-state index in [0.717, 1.165) is 19.4 Å². The standard InChI is InChI=1S/C11H15N5O3/c1-6-7(9(17)15-11(19)14-6)5-13-16-10(18)8-3-2-4-12-8/h5,8,12H,2-4H2,1H3,(H,16,18)(H2,14,15,17,19). The van der Waals surface area contributed by atoms with E-state index in [2.05, 4.69) is 25.8 Å². The number of aromatic amines is 2. The van der Waals surface area contributed by atoms with Gasteiger partial charge in [0.15, 0.2) is 0 Å². The summed E-state index contributed by atoms with van der Waals surface area (Å²) < 4.78 is 0. The van der Waals surface area contributed by atoms with E-state index in [0.29, 0.717) is 5.69 Å². The Morgan fingerprint density at radius 2 is 2.21 bits per heavy atom. The molecule has 0 saturated carbocycles. The predicted molar refractivity (Wildman–Crippen MR) is 69.2 cm³/mol. The molecule has 1 aliphatic rings. The summed E-state index contributed by atoms with van der Waals surface area (Å²) in [6.45, 7) is 2.40. The van der Waals surface area contributed by atoms with Crippen molar-refractivity contribution in [3.63, 3.8) is 0 Å². The quantitative estimate of drug-likeness (QED) is 0.396. The fourth-order valence-electron chi connectivity index (χ4n) is 1.91. The van der Waals surface area contributed by atoms with Gasteiger partial charge >= 0.3 is 5.69 Å². The summed E-state index contributed by atoms with van der Waals surface area (Å²) in [5, 5.41) is 6.76. The number of nitrogens with zero attached hydrogens (tertiary/aromatic N) is 1. The van der Waals surface area contributed by atoms with E-state index in [1.807, 2.05) is 0 Å². The van der Waals surface area contributed by atoms with Gasteiger partial charge in [-0.25, -0.2) is 10.2 Å². The minimum atomic E-state index is -0.571.